The van der Waals surface area contributed by atoms with E-state index in [1.54, 1.807) is 46.8 Å². The summed E-state index contributed by atoms with van der Waals surface area (Å²) in [5.41, 5.74) is -1.48. The molecule has 0 bridgehead atoms. The van der Waals surface area contributed by atoms with Gasteiger partial charge in [0.15, 0.2) is 17.2 Å². The fourth-order valence-electron chi connectivity index (χ4n) is 8.88. The van der Waals surface area contributed by atoms with Crippen molar-refractivity contribution in [1.29, 1.82) is 0 Å². The lowest BCUT2D eigenvalue weighted by Gasteiger charge is -2.54. The molecule has 0 radical (unpaired) electrons. The van der Waals surface area contributed by atoms with Gasteiger partial charge in [-0.2, -0.15) is 0 Å². The number of carbonyl (C=O) groups is 7. The van der Waals surface area contributed by atoms with Gasteiger partial charge in [0.25, 0.3) is 0 Å². The second-order valence-corrected chi connectivity index (χ2v) is 18.2. The number of carboxylic acid groups (broad SMARTS) is 1. The highest BCUT2D eigenvalue weighted by atomic mass is 16.6. The number of methoxy groups -OCH3 is 1. The molecule has 6 rings (SSSR count). The van der Waals surface area contributed by atoms with Gasteiger partial charge < -0.3 is 54.0 Å². The first-order chi connectivity index (χ1) is 35.0. The van der Waals surface area contributed by atoms with E-state index in [-0.39, 0.29) is 49.8 Å². The summed E-state index contributed by atoms with van der Waals surface area (Å²) < 4.78 is 26.5. The third-order valence-electron chi connectivity index (χ3n) is 13.4. The standard InChI is InChI=1S/C33H46O10.C8H8O.C7H6O.C5H10O4.C2H4O.C2H6/c1-18(23-10-8-7-9-11-23)14-27(37)42-24-15-32(40,16-34)20(3)28(19(24)2)29(38)30(39)31(6)21(4)33(43-22(5)35)17-41-26(33)13-12-25(31)36;1-7(9)8-5-3-2-4-6-8;8-6-7-4-2-1-3-5-7;1-8-2-3-9-4-5(6)7;1-2-3;1-2/h7-11,18,20-21,24-26,29,34,36,38,40H,12-17H2,1-6H3;2-6H,1H3;1-6H;2-4H2,1H3,(H,6,7);2H,1H3;1-2H3/t18-,20?,21?,24+,25+,26-,29-,31+,32-,33-;;;;;/m1...../s1. The molecular formula is C57H80O17. The zero-order chi connectivity index (χ0) is 56.2. The van der Waals surface area contributed by atoms with E-state index in [1.165, 1.54) is 21.0 Å². The van der Waals surface area contributed by atoms with Crippen molar-refractivity contribution >= 4 is 42.0 Å². The van der Waals surface area contributed by atoms with Crippen molar-refractivity contribution in [1.82, 2.24) is 0 Å². The third-order valence-corrected chi connectivity index (χ3v) is 13.4. The Kier molecular flexibility index (Phi) is 29.7. The maximum absolute atomic E-state index is 14.3. The summed E-state index contributed by atoms with van der Waals surface area (Å²) in [4.78, 5) is 78.7. The highest BCUT2D eigenvalue weighted by molar-refractivity contribution is 5.94. The normalized spacial score (nSPS) is 25.1. The van der Waals surface area contributed by atoms with Crippen LogP contribution in [0.3, 0.4) is 0 Å². The molecule has 1 aliphatic heterocycles. The number of aliphatic carboxylic acids is 1. The fraction of sp³-hybridized carbons (Fsp3) is 0.526. The molecule has 0 amide bonds. The molecule has 17 nitrogen and oxygen atoms in total. The van der Waals surface area contributed by atoms with Gasteiger partial charge in [0.2, 0.25) is 0 Å². The van der Waals surface area contributed by atoms with E-state index in [1.807, 2.05) is 99.6 Å². The van der Waals surface area contributed by atoms with Gasteiger partial charge in [-0.25, -0.2) is 4.79 Å². The van der Waals surface area contributed by atoms with Crippen LogP contribution < -0.4 is 0 Å². The molecular weight excluding hydrogens is 957 g/mol. The second kappa shape index (κ2) is 33.2. The quantitative estimate of drug-likeness (QED) is 0.0319. The average molecular weight is 1040 g/mol. The number of rotatable bonds is 16. The summed E-state index contributed by atoms with van der Waals surface area (Å²) in [6, 6.07) is 27.8. The Morgan fingerprint density at radius 1 is 0.878 bits per heavy atom. The van der Waals surface area contributed by atoms with E-state index in [0.29, 0.717) is 25.2 Å². The van der Waals surface area contributed by atoms with Crippen molar-refractivity contribution in [3.63, 3.8) is 0 Å². The average Bonchev–Trinajstić information content (AvgIpc) is 3.43. The van der Waals surface area contributed by atoms with Crippen molar-refractivity contribution in [3.8, 4) is 0 Å². The number of hydrogen-bond donors (Lipinski definition) is 5. The number of ether oxygens (including phenoxy) is 5. The molecule has 3 aromatic rings. The molecule has 5 N–H and O–H groups in total. The van der Waals surface area contributed by atoms with Crippen LogP contribution in [0.4, 0.5) is 0 Å². The van der Waals surface area contributed by atoms with Crippen LogP contribution in [0.5, 0.6) is 0 Å². The SMILES string of the molecule is CC.CC(=O)O[C@@]12CO[C@@H]1CC[C@H](O)[C@@](C)(C(=O)[C@H](O)C1=C(C)[C@@H](OC(=O)C[C@@H](C)c3ccccc3)C[C@@](O)(CO)C1C)C2C.CC(=O)c1ccccc1.CC=O.COCCOCC(=O)O.O=Cc1ccccc1. The number of esters is 2. The van der Waals surface area contributed by atoms with Crippen LogP contribution in [-0.2, 0) is 47.7 Å². The zero-order valence-corrected chi connectivity index (χ0v) is 44.9. The van der Waals surface area contributed by atoms with Gasteiger partial charge in [0.05, 0.1) is 50.0 Å². The van der Waals surface area contributed by atoms with Crippen molar-refractivity contribution in [2.45, 2.75) is 136 Å². The predicted molar refractivity (Wildman–Crippen MR) is 277 cm³/mol. The molecule has 3 aliphatic rings. The molecule has 1 saturated heterocycles. The van der Waals surface area contributed by atoms with Crippen LogP contribution >= 0.6 is 0 Å². The van der Waals surface area contributed by atoms with Crippen LogP contribution in [0.15, 0.2) is 102 Å². The summed E-state index contributed by atoms with van der Waals surface area (Å²) in [5, 5.41) is 52.8. The lowest BCUT2D eigenvalue weighted by molar-refractivity contribution is -0.279. The van der Waals surface area contributed by atoms with Crippen LogP contribution in [0.2, 0.25) is 0 Å². The maximum Gasteiger partial charge on any atom is 0.329 e. The lowest BCUT2D eigenvalue weighted by atomic mass is 9.60. The number of aliphatic hydroxyl groups is 4. The van der Waals surface area contributed by atoms with E-state index in [2.05, 4.69) is 9.47 Å². The number of carboxylic acids is 1. The van der Waals surface area contributed by atoms with Gasteiger partial charge in [0.1, 0.15) is 37.5 Å². The number of Topliss-reactive ketones (excluding diaryl/α,β-unsaturated/α-hetero) is 2. The Morgan fingerprint density at radius 2 is 1.42 bits per heavy atom. The molecule has 17 heteroatoms. The molecule has 0 spiro atoms. The Labute approximate surface area is 436 Å². The smallest absolute Gasteiger partial charge is 0.329 e. The van der Waals surface area contributed by atoms with Gasteiger partial charge in [-0.3, -0.25) is 24.0 Å². The number of benzene rings is 3. The minimum atomic E-state index is -1.80. The minimum absolute atomic E-state index is 0.0614. The van der Waals surface area contributed by atoms with Gasteiger partial charge in [0, 0.05) is 43.4 Å². The Morgan fingerprint density at radius 3 is 1.85 bits per heavy atom. The Hall–Kier alpha value is -5.79. The van der Waals surface area contributed by atoms with Crippen molar-refractivity contribution in [2.75, 3.05) is 40.1 Å². The largest absolute Gasteiger partial charge is 0.480 e. The number of hydrogen-bond acceptors (Lipinski definition) is 16. The van der Waals surface area contributed by atoms with E-state index in [4.69, 9.17) is 24.1 Å². The first-order valence-corrected chi connectivity index (χ1v) is 24.8. The van der Waals surface area contributed by atoms with Crippen molar-refractivity contribution in [2.24, 2.45) is 17.3 Å². The highest BCUT2D eigenvalue weighted by Crippen LogP contribution is 2.53. The van der Waals surface area contributed by atoms with Gasteiger partial charge in [-0.1, -0.05) is 126 Å². The molecule has 2 fully saturated rings. The van der Waals surface area contributed by atoms with Crippen molar-refractivity contribution in [3.05, 3.63) is 119 Å². The van der Waals surface area contributed by atoms with E-state index < -0.39 is 83.2 Å². The van der Waals surface area contributed by atoms with Crippen LogP contribution in [0.1, 0.15) is 127 Å². The molecule has 0 aromatic heterocycles. The molecule has 1 heterocycles. The van der Waals surface area contributed by atoms with Crippen LogP contribution in [-0.4, -0.2) is 143 Å². The monoisotopic (exact) mass is 1040 g/mol. The molecule has 2 aliphatic carbocycles. The Balaban J connectivity index is 0.000000706. The number of ketones is 2. The summed E-state index contributed by atoms with van der Waals surface area (Å²) >= 11 is 0. The lowest BCUT2D eigenvalue weighted by Crippen LogP contribution is -2.68. The number of carbonyl (C=O) groups excluding carboxylic acids is 6. The number of aliphatic hydroxyl groups excluding tert-OH is 3. The molecule has 2 unspecified atom stereocenters. The summed E-state index contributed by atoms with van der Waals surface area (Å²) in [6.07, 6.45) is -2.40. The van der Waals surface area contributed by atoms with Gasteiger partial charge >= 0.3 is 17.9 Å². The minimum Gasteiger partial charge on any atom is -0.480 e. The number of fused-ring (bicyclic) bond motifs is 1. The van der Waals surface area contributed by atoms with E-state index in [9.17, 15) is 49.2 Å². The predicted octanol–water partition coefficient (Wildman–Crippen LogP) is 6.95. The van der Waals surface area contributed by atoms with E-state index >= 15 is 0 Å². The highest BCUT2D eigenvalue weighted by Gasteiger charge is 2.66. The van der Waals surface area contributed by atoms with Crippen LogP contribution in [0, 0.1) is 17.3 Å². The number of aldehydes is 2. The summed E-state index contributed by atoms with van der Waals surface area (Å²) in [6.45, 7) is 16.6. The summed E-state index contributed by atoms with van der Waals surface area (Å²) in [7, 11) is 1.53. The third kappa shape index (κ3) is 18.9. The molecule has 74 heavy (non-hydrogen) atoms. The molecule has 410 valence electrons. The molecule has 1 saturated carbocycles. The zero-order valence-electron chi connectivity index (χ0n) is 44.9. The second-order valence-electron chi connectivity index (χ2n) is 18.2. The molecule has 10 atom stereocenters. The topological polar surface area (TPSA) is 267 Å². The van der Waals surface area contributed by atoms with Gasteiger partial charge in [-0.15, -0.1) is 0 Å². The first-order valence-electron chi connectivity index (χ1n) is 24.8. The maximum atomic E-state index is 14.3. The first kappa shape index (κ1) is 66.2. The van der Waals surface area contributed by atoms with Gasteiger partial charge in [-0.05, 0) is 63.2 Å². The fourth-order valence-corrected chi connectivity index (χ4v) is 8.88. The van der Waals surface area contributed by atoms with Crippen LogP contribution in [0.25, 0.3) is 0 Å². The van der Waals surface area contributed by atoms with E-state index in [0.717, 1.165) is 29.3 Å². The van der Waals surface area contributed by atoms with Crippen molar-refractivity contribution < 1.29 is 82.8 Å². The molecule has 3 aromatic carbocycles. The summed E-state index contributed by atoms with van der Waals surface area (Å²) in [5.74, 6) is -4.34. The Bertz CT molecular complexity index is 2220.